The van der Waals surface area contributed by atoms with Gasteiger partial charge in [-0.2, -0.15) is 0 Å². The number of carbonyl (C=O) groups excluding carboxylic acids is 1. The van der Waals surface area contributed by atoms with E-state index in [0.29, 0.717) is 18.2 Å². The Morgan fingerprint density at radius 1 is 1.38 bits per heavy atom. The van der Waals surface area contributed by atoms with Gasteiger partial charge in [0.2, 0.25) is 5.91 Å². The van der Waals surface area contributed by atoms with E-state index in [1.165, 1.54) is 22.9 Å². The molecule has 1 aromatic rings. The van der Waals surface area contributed by atoms with Gasteiger partial charge in [0.05, 0.1) is 0 Å². The van der Waals surface area contributed by atoms with Crippen LogP contribution in [0.2, 0.25) is 0 Å². The predicted octanol–water partition coefficient (Wildman–Crippen LogP) is 0.279. The van der Waals surface area contributed by atoms with Crippen molar-refractivity contribution in [1.82, 2.24) is 14.8 Å². The Bertz CT molecular complexity index is 533. The number of aromatic nitrogens is 1. The highest BCUT2D eigenvalue weighted by atomic mass is 16.2. The molecule has 2 rings (SSSR count). The molecule has 0 atom stereocenters. The Balaban J connectivity index is 1.78. The van der Waals surface area contributed by atoms with E-state index in [1.807, 2.05) is 0 Å². The number of nitrogens with two attached hydrogens (primary N) is 1. The second-order valence-electron chi connectivity index (χ2n) is 5.61. The van der Waals surface area contributed by atoms with Crippen molar-refractivity contribution in [2.75, 3.05) is 31.9 Å². The maximum absolute atomic E-state index is 11.9. The van der Waals surface area contributed by atoms with Crippen molar-refractivity contribution in [2.45, 2.75) is 26.3 Å². The zero-order chi connectivity index (χ0) is 15.2. The van der Waals surface area contributed by atoms with E-state index >= 15 is 0 Å². The Hall–Kier alpha value is -1.82. The molecular weight excluding hydrogens is 268 g/mol. The highest BCUT2D eigenvalue weighted by Crippen LogP contribution is 2.15. The van der Waals surface area contributed by atoms with Crippen LogP contribution in [0.5, 0.6) is 0 Å². The molecule has 1 aromatic heterocycles. The molecule has 3 N–H and O–H groups in total. The van der Waals surface area contributed by atoms with E-state index < -0.39 is 0 Å². The maximum Gasteiger partial charge on any atom is 0.251 e. The zero-order valence-corrected chi connectivity index (χ0v) is 12.5. The molecule has 1 amide bonds. The second kappa shape index (κ2) is 7.26. The average Bonchev–Trinajstić information content (AvgIpc) is 2.49. The lowest BCUT2D eigenvalue weighted by Gasteiger charge is -2.31. The lowest BCUT2D eigenvalue weighted by atomic mass is 9.97. The number of pyridine rings is 1. The summed E-state index contributed by atoms with van der Waals surface area (Å²) in [5.41, 5.74) is 5.89. The van der Waals surface area contributed by atoms with Gasteiger partial charge < -0.3 is 20.5 Å². The van der Waals surface area contributed by atoms with Gasteiger partial charge in [-0.15, -0.1) is 0 Å². The molecule has 0 spiro atoms. The molecule has 116 valence electrons. The molecule has 1 aliphatic rings. The first-order valence-electron chi connectivity index (χ1n) is 7.53. The van der Waals surface area contributed by atoms with Gasteiger partial charge in [-0.25, -0.2) is 0 Å². The van der Waals surface area contributed by atoms with Crippen LogP contribution in [-0.2, 0) is 11.3 Å². The number of amides is 1. The largest absolute Gasteiger partial charge is 0.398 e. The lowest BCUT2D eigenvalue weighted by molar-refractivity contribution is -0.122. The third kappa shape index (κ3) is 4.60. The number of nitrogens with one attached hydrogen (secondary N) is 1. The third-order valence-electron chi connectivity index (χ3n) is 4.06. The van der Waals surface area contributed by atoms with E-state index in [2.05, 4.69) is 17.1 Å². The summed E-state index contributed by atoms with van der Waals surface area (Å²) in [6, 6.07) is 2.92. The molecule has 6 nitrogen and oxygen atoms in total. The zero-order valence-electron chi connectivity index (χ0n) is 12.5. The molecular formula is C15H24N4O2. The van der Waals surface area contributed by atoms with E-state index in [1.54, 1.807) is 0 Å². The fourth-order valence-electron chi connectivity index (χ4n) is 2.65. The van der Waals surface area contributed by atoms with Crippen LogP contribution in [0.3, 0.4) is 0 Å². The molecule has 0 saturated carbocycles. The monoisotopic (exact) mass is 292 g/mol. The molecule has 0 bridgehead atoms. The minimum atomic E-state index is -0.212. The van der Waals surface area contributed by atoms with Crippen molar-refractivity contribution >= 4 is 11.6 Å². The Morgan fingerprint density at radius 2 is 2.10 bits per heavy atom. The van der Waals surface area contributed by atoms with Crippen molar-refractivity contribution in [3.63, 3.8) is 0 Å². The van der Waals surface area contributed by atoms with Gasteiger partial charge in [0.25, 0.3) is 5.56 Å². The number of piperidine rings is 1. The quantitative estimate of drug-likeness (QED) is 0.817. The van der Waals surface area contributed by atoms with Crippen LogP contribution in [0.1, 0.15) is 19.8 Å². The summed E-state index contributed by atoms with van der Waals surface area (Å²) in [5, 5.41) is 2.92. The van der Waals surface area contributed by atoms with Crippen LogP contribution in [0.25, 0.3) is 0 Å². The molecule has 2 heterocycles. The van der Waals surface area contributed by atoms with Gasteiger partial charge in [-0.05, 0) is 44.5 Å². The summed E-state index contributed by atoms with van der Waals surface area (Å²) >= 11 is 0. The number of hydrogen-bond donors (Lipinski definition) is 2. The maximum atomic E-state index is 11.9. The second-order valence-corrected chi connectivity index (χ2v) is 5.61. The summed E-state index contributed by atoms with van der Waals surface area (Å²) in [7, 11) is 0. The number of likely N-dealkylation sites (tertiary alicyclic amines) is 1. The lowest BCUT2D eigenvalue weighted by Crippen LogP contribution is -2.40. The van der Waals surface area contributed by atoms with Gasteiger partial charge >= 0.3 is 0 Å². The van der Waals surface area contributed by atoms with Crippen molar-refractivity contribution in [3.05, 3.63) is 28.7 Å². The van der Waals surface area contributed by atoms with Crippen LogP contribution in [0, 0.1) is 5.92 Å². The number of rotatable bonds is 5. The van der Waals surface area contributed by atoms with Crippen LogP contribution < -0.4 is 16.6 Å². The van der Waals surface area contributed by atoms with Crippen molar-refractivity contribution in [1.29, 1.82) is 0 Å². The summed E-state index contributed by atoms with van der Waals surface area (Å²) in [6.45, 7) is 6.19. The standard InChI is InChI=1S/C15H24N4O2/c1-2-18-7-5-12(6-8-18)9-17-14(20)11-19-10-13(16)3-4-15(19)21/h3-4,10,12H,2,5-9,11,16H2,1H3,(H,17,20). The van der Waals surface area contributed by atoms with Gasteiger partial charge in [-0.3, -0.25) is 9.59 Å². The molecule has 1 saturated heterocycles. The van der Waals surface area contributed by atoms with Crippen molar-refractivity contribution in [3.8, 4) is 0 Å². The fraction of sp³-hybridized carbons (Fsp3) is 0.600. The summed E-state index contributed by atoms with van der Waals surface area (Å²) in [6.07, 6.45) is 3.74. The van der Waals surface area contributed by atoms with E-state index in [9.17, 15) is 9.59 Å². The fourth-order valence-corrected chi connectivity index (χ4v) is 2.65. The minimum Gasteiger partial charge on any atom is -0.398 e. The molecule has 0 radical (unpaired) electrons. The first-order chi connectivity index (χ1) is 10.1. The van der Waals surface area contributed by atoms with Crippen LogP contribution in [0.15, 0.2) is 23.1 Å². The Labute approximate surface area is 124 Å². The molecule has 21 heavy (non-hydrogen) atoms. The molecule has 6 heteroatoms. The van der Waals surface area contributed by atoms with Crippen LogP contribution in [-0.4, -0.2) is 41.6 Å². The number of anilines is 1. The summed E-state index contributed by atoms with van der Waals surface area (Å²) < 4.78 is 1.34. The Morgan fingerprint density at radius 3 is 2.76 bits per heavy atom. The molecule has 0 unspecified atom stereocenters. The first kappa shape index (κ1) is 15.6. The van der Waals surface area contributed by atoms with Crippen LogP contribution in [0.4, 0.5) is 5.69 Å². The van der Waals surface area contributed by atoms with Crippen molar-refractivity contribution in [2.24, 2.45) is 5.92 Å². The van der Waals surface area contributed by atoms with E-state index in [-0.39, 0.29) is 18.0 Å². The summed E-state index contributed by atoms with van der Waals surface area (Å²) in [5.74, 6) is 0.398. The normalized spacial score (nSPS) is 16.8. The van der Waals surface area contributed by atoms with E-state index in [0.717, 1.165) is 32.5 Å². The van der Waals surface area contributed by atoms with Gasteiger partial charge in [0.15, 0.2) is 0 Å². The topological polar surface area (TPSA) is 80.4 Å². The van der Waals surface area contributed by atoms with E-state index in [4.69, 9.17) is 5.73 Å². The highest BCUT2D eigenvalue weighted by molar-refractivity contribution is 5.75. The highest BCUT2D eigenvalue weighted by Gasteiger charge is 2.18. The first-order valence-corrected chi connectivity index (χ1v) is 7.53. The number of carbonyl (C=O) groups is 1. The SMILES string of the molecule is CCN1CCC(CNC(=O)Cn2cc(N)ccc2=O)CC1. The smallest absolute Gasteiger partial charge is 0.251 e. The molecule has 0 aliphatic carbocycles. The van der Waals surface area contributed by atoms with Gasteiger partial charge in [0.1, 0.15) is 6.54 Å². The Kier molecular flexibility index (Phi) is 5.38. The predicted molar refractivity (Wildman–Crippen MR) is 83.0 cm³/mol. The number of hydrogen-bond acceptors (Lipinski definition) is 4. The minimum absolute atomic E-state index is 0.0255. The third-order valence-corrected chi connectivity index (χ3v) is 4.06. The van der Waals surface area contributed by atoms with Crippen LogP contribution >= 0.6 is 0 Å². The summed E-state index contributed by atoms with van der Waals surface area (Å²) in [4.78, 5) is 25.9. The molecule has 0 aromatic carbocycles. The van der Waals surface area contributed by atoms with Gasteiger partial charge in [0, 0.05) is 24.5 Å². The van der Waals surface area contributed by atoms with Gasteiger partial charge in [-0.1, -0.05) is 6.92 Å². The number of nitrogens with zero attached hydrogens (tertiary/aromatic N) is 2. The molecule has 1 aliphatic heterocycles. The van der Waals surface area contributed by atoms with Crippen molar-refractivity contribution < 1.29 is 4.79 Å². The average molecular weight is 292 g/mol. The number of nitrogen functional groups attached to an aromatic ring is 1. The molecule has 1 fully saturated rings.